The maximum absolute atomic E-state index is 11.3. The number of carbonyl (C=O) groups excluding carboxylic acids is 1. The van der Waals surface area contributed by atoms with Gasteiger partial charge in [0.05, 0.1) is 0 Å². The Morgan fingerprint density at radius 1 is 1.06 bits per heavy atom. The summed E-state index contributed by atoms with van der Waals surface area (Å²) in [6.45, 7) is 0. The zero-order chi connectivity index (χ0) is 13.0. The molecule has 0 aliphatic rings. The minimum absolute atomic E-state index is 0.234. The molecule has 0 atom stereocenters. The molecule has 2 aromatic carbocycles. The van der Waals surface area contributed by atoms with E-state index in [1.54, 1.807) is 6.08 Å². The monoisotopic (exact) mass is 239 g/mol. The van der Waals surface area contributed by atoms with Crippen molar-refractivity contribution >= 4 is 28.7 Å². The smallest absolute Gasteiger partial charge is 0.272 e. The third kappa shape index (κ3) is 2.74. The van der Waals surface area contributed by atoms with Gasteiger partial charge in [-0.25, -0.2) is 0 Å². The summed E-state index contributed by atoms with van der Waals surface area (Å²) in [5.41, 5.74) is 11.2. The van der Waals surface area contributed by atoms with E-state index >= 15 is 0 Å². The molecular weight excluding hydrogens is 226 g/mol. The number of guanidine groups is 1. The second-order valence-corrected chi connectivity index (χ2v) is 3.78. The summed E-state index contributed by atoms with van der Waals surface area (Å²) in [6, 6.07) is 13.8. The van der Waals surface area contributed by atoms with E-state index in [0.29, 0.717) is 0 Å². The minimum atomic E-state index is -0.470. The average Bonchev–Trinajstić information content (AvgIpc) is 2.35. The first-order valence-corrected chi connectivity index (χ1v) is 5.46. The van der Waals surface area contributed by atoms with Crippen LogP contribution in [-0.4, -0.2) is 11.9 Å². The van der Waals surface area contributed by atoms with Crippen LogP contribution in [0, 0.1) is 0 Å². The standard InChI is InChI=1S/C14H13N3O/c15-14(16)17-13(18)9-8-11-6-3-5-10-4-1-2-7-12(10)11/h1-9H,(H4,15,16,17,18). The van der Waals surface area contributed by atoms with Crippen molar-refractivity contribution in [1.29, 1.82) is 0 Å². The van der Waals surface area contributed by atoms with Gasteiger partial charge in [0.25, 0.3) is 5.91 Å². The highest BCUT2D eigenvalue weighted by atomic mass is 16.1. The van der Waals surface area contributed by atoms with E-state index in [2.05, 4.69) is 4.99 Å². The Morgan fingerprint density at radius 3 is 2.56 bits per heavy atom. The molecule has 0 aromatic heterocycles. The molecule has 2 aromatic rings. The number of rotatable bonds is 2. The lowest BCUT2D eigenvalue weighted by atomic mass is 10.0. The van der Waals surface area contributed by atoms with Crippen LogP contribution < -0.4 is 11.5 Å². The van der Waals surface area contributed by atoms with Crippen LogP contribution in [0.25, 0.3) is 16.8 Å². The van der Waals surface area contributed by atoms with Gasteiger partial charge in [-0.1, -0.05) is 42.5 Å². The molecule has 4 heteroatoms. The van der Waals surface area contributed by atoms with Crippen LogP contribution in [0.5, 0.6) is 0 Å². The van der Waals surface area contributed by atoms with Crippen molar-refractivity contribution in [1.82, 2.24) is 0 Å². The Morgan fingerprint density at radius 2 is 1.78 bits per heavy atom. The van der Waals surface area contributed by atoms with E-state index in [4.69, 9.17) is 11.5 Å². The van der Waals surface area contributed by atoms with Crippen molar-refractivity contribution in [2.24, 2.45) is 16.5 Å². The van der Waals surface area contributed by atoms with Gasteiger partial charge in [0, 0.05) is 6.08 Å². The summed E-state index contributed by atoms with van der Waals surface area (Å²) in [4.78, 5) is 14.7. The third-order valence-electron chi connectivity index (χ3n) is 2.47. The number of benzene rings is 2. The lowest BCUT2D eigenvalue weighted by Crippen LogP contribution is -2.23. The molecule has 0 aliphatic carbocycles. The number of hydrogen-bond donors (Lipinski definition) is 2. The highest BCUT2D eigenvalue weighted by Crippen LogP contribution is 2.19. The fraction of sp³-hybridized carbons (Fsp3) is 0. The fourth-order valence-corrected chi connectivity index (χ4v) is 1.72. The number of aliphatic imine (C=N–C) groups is 1. The summed E-state index contributed by atoms with van der Waals surface area (Å²) in [6.07, 6.45) is 3.05. The Kier molecular flexibility index (Phi) is 3.38. The first-order chi connectivity index (χ1) is 8.66. The van der Waals surface area contributed by atoms with Gasteiger partial charge in [0.2, 0.25) is 0 Å². The number of amides is 1. The van der Waals surface area contributed by atoms with E-state index in [1.807, 2.05) is 42.5 Å². The molecule has 2 rings (SSSR count). The SMILES string of the molecule is NC(N)=NC(=O)C=Cc1cccc2ccccc12. The molecule has 0 spiro atoms. The number of nitrogens with two attached hydrogens (primary N) is 2. The second kappa shape index (κ2) is 5.14. The number of hydrogen-bond acceptors (Lipinski definition) is 1. The first-order valence-electron chi connectivity index (χ1n) is 5.46. The molecule has 0 bridgehead atoms. The maximum atomic E-state index is 11.3. The molecule has 0 fully saturated rings. The summed E-state index contributed by atoms with van der Waals surface area (Å²) in [5.74, 6) is -0.703. The van der Waals surface area contributed by atoms with Gasteiger partial charge < -0.3 is 11.5 Å². The molecule has 0 heterocycles. The van der Waals surface area contributed by atoms with Crippen LogP contribution in [0.2, 0.25) is 0 Å². The van der Waals surface area contributed by atoms with Crippen LogP contribution in [0.1, 0.15) is 5.56 Å². The molecule has 4 N–H and O–H groups in total. The molecule has 0 saturated carbocycles. The largest absolute Gasteiger partial charge is 0.370 e. The predicted molar refractivity (Wildman–Crippen MR) is 73.8 cm³/mol. The number of carbonyl (C=O) groups is 1. The Labute approximate surface area is 105 Å². The van der Waals surface area contributed by atoms with Gasteiger partial charge in [0.15, 0.2) is 5.96 Å². The quantitative estimate of drug-likeness (QED) is 0.475. The maximum Gasteiger partial charge on any atom is 0.272 e. The van der Waals surface area contributed by atoms with Crippen molar-refractivity contribution in [3.05, 3.63) is 54.1 Å². The lowest BCUT2D eigenvalue weighted by Gasteiger charge is -2.00. The summed E-state index contributed by atoms with van der Waals surface area (Å²) in [5, 5.41) is 2.20. The minimum Gasteiger partial charge on any atom is -0.370 e. The van der Waals surface area contributed by atoms with Crippen molar-refractivity contribution in [3.63, 3.8) is 0 Å². The van der Waals surface area contributed by atoms with Crippen LogP contribution in [0.3, 0.4) is 0 Å². The van der Waals surface area contributed by atoms with Gasteiger partial charge >= 0.3 is 0 Å². The van der Waals surface area contributed by atoms with Gasteiger partial charge in [0.1, 0.15) is 0 Å². The summed E-state index contributed by atoms with van der Waals surface area (Å²) < 4.78 is 0. The molecule has 0 radical (unpaired) electrons. The van der Waals surface area contributed by atoms with Crippen LogP contribution >= 0.6 is 0 Å². The van der Waals surface area contributed by atoms with E-state index < -0.39 is 5.91 Å². The van der Waals surface area contributed by atoms with Gasteiger partial charge in [-0.3, -0.25) is 4.79 Å². The molecule has 1 amide bonds. The van der Waals surface area contributed by atoms with Crippen molar-refractivity contribution in [2.45, 2.75) is 0 Å². The third-order valence-corrected chi connectivity index (χ3v) is 2.47. The van der Waals surface area contributed by atoms with E-state index in [1.165, 1.54) is 6.08 Å². The van der Waals surface area contributed by atoms with E-state index in [-0.39, 0.29) is 5.96 Å². The van der Waals surface area contributed by atoms with Crippen molar-refractivity contribution in [2.75, 3.05) is 0 Å². The predicted octanol–water partition coefficient (Wildman–Crippen LogP) is 1.65. The molecule has 90 valence electrons. The first kappa shape index (κ1) is 11.9. The average molecular weight is 239 g/mol. The fourth-order valence-electron chi connectivity index (χ4n) is 1.72. The highest BCUT2D eigenvalue weighted by Gasteiger charge is 1.98. The number of fused-ring (bicyclic) bond motifs is 1. The van der Waals surface area contributed by atoms with Gasteiger partial charge in [-0.05, 0) is 22.4 Å². The Hall–Kier alpha value is -2.62. The van der Waals surface area contributed by atoms with E-state index in [0.717, 1.165) is 16.3 Å². The molecule has 4 nitrogen and oxygen atoms in total. The van der Waals surface area contributed by atoms with Gasteiger partial charge in [-0.2, -0.15) is 4.99 Å². The zero-order valence-electron chi connectivity index (χ0n) is 9.71. The molecule has 0 saturated heterocycles. The molecule has 0 aliphatic heterocycles. The summed E-state index contributed by atoms with van der Waals surface area (Å²) >= 11 is 0. The van der Waals surface area contributed by atoms with Crippen LogP contribution in [0.4, 0.5) is 0 Å². The van der Waals surface area contributed by atoms with Crippen molar-refractivity contribution in [3.8, 4) is 0 Å². The second-order valence-electron chi connectivity index (χ2n) is 3.78. The molecular formula is C14H13N3O. The normalized spacial score (nSPS) is 10.7. The lowest BCUT2D eigenvalue weighted by molar-refractivity contribution is -0.113. The van der Waals surface area contributed by atoms with Crippen LogP contribution in [0.15, 0.2) is 53.5 Å². The summed E-state index contributed by atoms with van der Waals surface area (Å²) in [7, 11) is 0. The molecule has 0 unspecified atom stereocenters. The Bertz CT molecular complexity index is 635. The zero-order valence-corrected chi connectivity index (χ0v) is 9.71. The van der Waals surface area contributed by atoms with Crippen LogP contribution in [-0.2, 0) is 4.79 Å². The topological polar surface area (TPSA) is 81.5 Å². The van der Waals surface area contributed by atoms with Gasteiger partial charge in [-0.15, -0.1) is 0 Å². The molecule has 18 heavy (non-hydrogen) atoms. The van der Waals surface area contributed by atoms with Crippen molar-refractivity contribution < 1.29 is 4.79 Å². The highest BCUT2D eigenvalue weighted by molar-refractivity contribution is 6.01. The van der Waals surface area contributed by atoms with E-state index in [9.17, 15) is 4.79 Å². The number of nitrogens with zero attached hydrogens (tertiary/aromatic N) is 1. The Balaban J connectivity index is 2.35.